The molecule has 0 aliphatic heterocycles. The van der Waals surface area contributed by atoms with Gasteiger partial charge in [0.2, 0.25) is 0 Å². The van der Waals surface area contributed by atoms with Gasteiger partial charge in [-0.2, -0.15) is 0 Å². The molecule has 0 amide bonds. The molecule has 0 N–H and O–H groups in total. The molecular formula is C15H10BrClF2N2. The van der Waals surface area contributed by atoms with Gasteiger partial charge >= 0.3 is 0 Å². The Balaban J connectivity index is 2.38. The van der Waals surface area contributed by atoms with Crippen LogP contribution >= 0.6 is 27.5 Å². The number of imidazole rings is 1. The quantitative estimate of drug-likeness (QED) is 0.452. The number of hydrogen-bond acceptors (Lipinski definition) is 1. The summed E-state index contributed by atoms with van der Waals surface area (Å²) in [4.78, 5) is 4.37. The lowest BCUT2D eigenvalue weighted by atomic mass is 10.2. The summed E-state index contributed by atoms with van der Waals surface area (Å²) in [5, 5.41) is 0. The van der Waals surface area contributed by atoms with Crippen LogP contribution in [0.2, 0.25) is 0 Å². The Bertz CT molecular complexity index is 845. The first kappa shape index (κ1) is 14.5. The summed E-state index contributed by atoms with van der Waals surface area (Å²) in [5.41, 5.74) is 2.49. The first-order valence-corrected chi connectivity index (χ1v) is 7.53. The molecule has 2 aromatic carbocycles. The maximum absolute atomic E-state index is 14.3. The molecule has 0 saturated heterocycles. The largest absolute Gasteiger partial charge is 0.292 e. The molecule has 1 aromatic heterocycles. The van der Waals surface area contributed by atoms with Crippen molar-refractivity contribution >= 4 is 38.6 Å². The average Bonchev–Trinajstić information content (AvgIpc) is 2.80. The predicted molar refractivity (Wildman–Crippen MR) is 83.0 cm³/mol. The fourth-order valence-electron chi connectivity index (χ4n) is 2.28. The van der Waals surface area contributed by atoms with Crippen LogP contribution in [-0.4, -0.2) is 9.55 Å². The molecule has 108 valence electrons. The molecule has 0 unspecified atom stereocenters. The van der Waals surface area contributed by atoms with Crippen LogP contribution in [0.1, 0.15) is 11.4 Å². The summed E-state index contributed by atoms with van der Waals surface area (Å²) >= 11 is 8.88. The Kier molecular flexibility index (Phi) is 3.71. The minimum absolute atomic E-state index is 0.0803. The second-order valence-electron chi connectivity index (χ2n) is 4.71. The number of fused-ring (bicyclic) bond motifs is 1. The van der Waals surface area contributed by atoms with E-state index in [1.54, 1.807) is 4.57 Å². The third-order valence-electron chi connectivity index (χ3n) is 3.23. The molecule has 3 rings (SSSR count). The van der Waals surface area contributed by atoms with E-state index in [1.807, 2.05) is 25.1 Å². The highest BCUT2D eigenvalue weighted by molar-refractivity contribution is 9.10. The minimum atomic E-state index is -0.546. The van der Waals surface area contributed by atoms with Crippen LogP contribution in [-0.2, 0) is 5.88 Å². The summed E-state index contributed by atoms with van der Waals surface area (Å²) in [6.07, 6.45) is 0. The van der Waals surface area contributed by atoms with E-state index in [4.69, 9.17) is 11.6 Å². The second kappa shape index (κ2) is 5.39. The van der Waals surface area contributed by atoms with Crippen molar-refractivity contribution < 1.29 is 8.78 Å². The van der Waals surface area contributed by atoms with Crippen molar-refractivity contribution in [1.82, 2.24) is 9.55 Å². The Hall–Kier alpha value is -1.46. The molecule has 6 heteroatoms. The van der Waals surface area contributed by atoms with Crippen molar-refractivity contribution in [2.45, 2.75) is 12.8 Å². The summed E-state index contributed by atoms with van der Waals surface area (Å²) in [6, 6.07) is 7.86. The maximum Gasteiger partial charge on any atom is 0.148 e. The van der Waals surface area contributed by atoms with E-state index in [1.165, 1.54) is 0 Å². The Morgan fingerprint density at radius 1 is 1.19 bits per heavy atom. The molecule has 0 saturated carbocycles. The van der Waals surface area contributed by atoms with Crippen LogP contribution in [0.3, 0.4) is 0 Å². The molecule has 0 spiro atoms. The minimum Gasteiger partial charge on any atom is -0.292 e. The fraction of sp³-hybridized carbons (Fsp3) is 0.133. The highest BCUT2D eigenvalue weighted by atomic mass is 79.9. The van der Waals surface area contributed by atoms with Crippen molar-refractivity contribution in [1.29, 1.82) is 0 Å². The lowest BCUT2D eigenvalue weighted by Gasteiger charge is -2.10. The van der Waals surface area contributed by atoms with Gasteiger partial charge in [-0.15, -0.1) is 11.6 Å². The zero-order valence-corrected chi connectivity index (χ0v) is 13.3. The van der Waals surface area contributed by atoms with Gasteiger partial charge in [-0.05, 0) is 46.6 Å². The number of nitrogens with zero attached hydrogens (tertiary/aromatic N) is 2. The van der Waals surface area contributed by atoms with Crippen molar-refractivity contribution in [2.24, 2.45) is 0 Å². The molecule has 1 heterocycles. The number of benzene rings is 2. The maximum atomic E-state index is 14.3. The first-order chi connectivity index (χ1) is 10.0. The number of alkyl halides is 1. The highest BCUT2D eigenvalue weighted by Gasteiger charge is 2.17. The SMILES string of the molecule is Cc1ccc2nc(CCl)n(-c3cc(F)c(Br)cc3F)c2c1. The number of aromatic nitrogens is 2. The standard InChI is InChI=1S/C15H10BrClF2N2/c1-8-2-3-12-14(4-8)21(15(7-17)20-12)13-6-10(18)9(16)5-11(13)19/h2-6H,7H2,1H3. The molecule has 0 radical (unpaired) electrons. The van der Waals surface area contributed by atoms with Gasteiger partial charge in [0.05, 0.1) is 27.1 Å². The van der Waals surface area contributed by atoms with Crippen molar-refractivity contribution in [3.8, 4) is 5.69 Å². The summed E-state index contributed by atoms with van der Waals surface area (Å²) in [7, 11) is 0. The van der Waals surface area contributed by atoms with Gasteiger partial charge in [0.25, 0.3) is 0 Å². The molecule has 0 bridgehead atoms. The van der Waals surface area contributed by atoms with Gasteiger partial charge in [-0.1, -0.05) is 6.07 Å². The molecular weight excluding hydrogens is 362 g/mol. The van der Waals surface area contributed by atoms with Gasteiger partial charge in [-0.3, -0.25) is 4.57 Å². The smallest absolute Gasteiger partial charge is 0.148 e. The van der Waals surface area contributed by atoms with Gasteiger partial charge < -0.3 is 0 Å². The second-order valence-corrected chi connectivity index (χ2v) is 5.83. The molecule has 0 atom stereocenters. The van der Waals surface area contributed by atoms with E-state index in [-0.39, 0.29) is 16.0 Å². The van der Waals surface area contributed by atoms with Gasteiger partial charge in [0.1, 0.15) is 17.5 Å². The van der Waals surface area contributed by atoms with Crippen LogP contribution in [0.4, 0.5) is 8.78 Å². The zero-order chi connectivity index (χ0) is 15.1. The average molecular weight is 372 g/mol. The Morgan fingerprint density at radius 2 is 1.95 bits per heavy atom. The number of rotatable bonds is 2. The normalized spacial score (nSPS) is 11.3. The molecule has 2 nitrogen and oxygen atoms in total. The monoisotopic (exact) mass is 370 g/mol. The van der Waals surface area contributed by atoms with Crippen LogP contribution in [0.25, 0.3) is 16.7 Å². The Labute approximate surface area is 133 Å². The molecule has 0 aliphatic rings. The van der Waals surface area contributed by atoms with Crippen molar-refractivity contribution in [3.63, 3.8) is 0 Å². The fourth-order valence-corrected chi connectivity index (χ4v) is 2.77. The molecule has 3 aromatic rings. The molecule has 0 fully saturated rings. The van der Waals surface area contributed by atoms with Crippen LogP contribution in [0, 0.1) is 18.6 Å². The topological polar surface area (TPSA) is 17.8 Å². The lowest BCUT2D eigenvalue weighted by Crippen LogP contribution is -2.03. The summed E-state index contributed by atoms with van der Waals surface area (Å²) < 4.78 is 29.7. The molecule has 0 aliphatic carbocycles. The van der Waals surface area contributed by atoms with Gasteiger partial charge in [-0.25, -0.2) is 13.8 Å². The first-order valence-electron chi connectivity index (χ1n) is 6.20. The zero-order valence-electron chi connectivity index (χ0n) is 11.0. The highest BCUT2D eigenvalue weighted by Crippen LogP contribution is 2.28. The lowest BCUT2D eigenvalue weighted by molar-refractivity contribution is 0.587. The number of hydrogen-bond donors (Lipinski definition) is 0. The Morgan fingerprint density at radius 3 is 2.67 bits per heavy atom. The predicted octanol–water partition coefficient (Wildman–Crippen LogP) is 5.11. The third-order valence-corrected chi connectivity index (χ3v) is 4.08. The number of aryl methyl sites for hydroxylation is 1. The van der Waals surface area contributed by atoms with Crippen molar-refractivity contribution in [3.05, 3.63) is 57.8 Å². The summed E-state index contributed by atoms with van der Waals surface area (Å²) in [6.45, 7) is 1.93. The van der Waals surface area contributed by atoms with Crippen molar-refractivity contribution in [2.75, 3.05) is 0 Å². The van der Waals surface area contributed by atoms with E-state index < -0.39 is 11.6 Å². The van der Waals surface area contributed by atoms with E-state index >= 15 is 0 Å². The van der Waals surface area contributed by atoms with Gasteiger partial charge in [0.15, 0.2) is 0 Å². The van der Waals surface area contributed by atoms with E-state index in [0.717, 1.165) is 17.7 Å². The molecule has 21 heavy (non-hydrogen) atoms. The summed E-state index contributed by atoms with van der Waals surface area (Å²) in [5.74, 6) is -0.514. The van der Waals surface area contributed by atoms with Crippen LogP contribution < -0.4 is 0 Å². The van der Waals surface area contributed by atoms with Crippen LogP contribution in [0.15, 0.2) is 34.8 Å². The van der Waals surface area contributed by atoms with E-state index in [9.17, 15) is 8.78 Å². The van der Waals surface area contributed by atoms with E-state index in [0.29, 0.717) is 16.9 Å². The van der Waals surface area contributed by atoms with E-state index in [2.05, 4.69) is 20.9 Å². The van der Waals surface area contributed by atoms with Crippen LogP contribution in [0.5, 0.6) is 0 Å². The third kappa shape index (κ3) is 2.45. The number of halogens is 4. The van der Waals surface area contributed by atoms with Gasteiger partial charge in [0, 0.05) is 6.07 Å².